The minimum absolute atomic E-state index is 0.505. The molecule has 2 rings (SSSR count). The van der Waals surface area contributed by atoms with Crippen molar-refractivity contribution < 1.29 is 9.84 Å². The molecule has 2 nitrogen and oxygen atoms in total. The molecule has 0 amide bonds. The quantitative estimate of drug-likeness (QED) is 0.839. The van der Waals surface area contributed by atoms with Crippen LogP contribution in [-0.4, -0.2) is 18.0 Å². The third kappa shape index (κ3) is 4.16. The lowest BCUT2D eigenvalue weighted by Gasteiger charge is -2.11. The first kappa shape index (κ1) is 14.3. The Hall–Kier alpha value is -1.16. The zero-order valence-corrected chi connectivity index (χ0v) is 12.1. The van der Waals surface area contributed by atoms with Crippen molar-refractivity contribution in [3.63, 3.8) is 0 Å². The van der Waals surface area contributed by atoms with Gasteiger partial charge < -0.3 is 9.84 Å². The van der Waals surface area contributed by atoms with E-state index in [4.69, 9.17) is 16.3 Å². The minimum Gasteiger partial charge on any atom is -0.497 e. The second-order valence-electron chi connectivity index (χ2n) is 4.06. The highest BCUT2D eigenvalue weighted by Crippen LogP contribution is 2.27. The van der Waals surface area contributed by atoms with Crippen LogP contribution in [0.4, 0.5) is 0 Å². The monoisotopic (exact) mass is 294 g/mol. The summed E-state index contributed by atoms with van der Waals surface area (Å²) < 4.78 is 5.09. The van der Waals surface area contributed by atoms with E-state index in [1.54, 1.807) is 18.9 Å². The van der Waals surface area contributed by atoms with Crippen molar-refractivity contribution in [1.29, 1.82) is 0 Å². The van der Waals surface area contributed by atoms with Crippen molar-refractivity contribution in [3.8, 4) is 5.75 Å². The van der Waals surface area contributed by atoms with Crippen LogP contribution in [0.1, 0.15) is 11.7 Å². The lowest BCUT2D eigenvalue weighted by molar-refractivity contribution is 0.204. The molecule has 0 saturated carbocycles. The van der Waals surface area contributed by atoms with Gasteiger partial charge in [-0.15, -0.1) is 11.8 Å². The number of halogens is 1. The summed E-state index contributed by atoms with van der Waals surface area (Å²) in [6.45, 7) is 0. The standard InChI is InChI=1S/C15H15ClO2S/c1-18-13-7-5-11(6-8-13)15(17)10-19-14-4-2-3-12(16)9-14/h2-9,15,17H,10H2,1H3. The molecule has 100 valence electrons. The molecule has 0 aliphatic rings. The Labute approximate surface area is 122 Å². The molecule has 2 aromatic rings. The highest BCUT2D eigenvalue weighted by atomic mass is 35.5. The van der Waals surface area contributed by atoms with Gasteiger partial charge in [0, 0.05) is 15.7 Å². The Balaban J connectivity index is 1.95. The van der Waals surface area contributed by atoms with Gasteiger partial charge in [0.2, 0.25) is 0 Å². The summed E-state index contributed by atoms with van der Waals surface area (Å²) in [7, 11) is 1.63. The summed E-state index contributed by atoms with van der Waals surface area (Å²) in [5.74, 6) is 1.38. The van der Waals surface area contributed by atoms with E-state index >= 15 is 0 Å². The topological polar surface area (TPSA) is 29.5 Å². The normalized spacial score (nSPS) is 12.2. The van der Waals surface area contributed by atoms with Gasteiger partial charge in [-0.3, -0.25) is 0 Å². The maximum atomic E-state index is 10.1. The van der Waals surface area contributed by atoms with Crippen LogP contribution in [0.15, 0.2) is 53.4 Å². The van der Waals surface area contributed by atoms with Gasteiger partial charge in [0.1, 0.15) is 5.75 Å². The van der Waals surface area contributed by atoms with Crippen molar-refractivity contribution in [1.82, 2.24) is 0 Å². The summed E-state index contributed by atoms with van der Waals surface area (Å²) in [5, 5.41) is 10.8. The number of aliphatic hydroxyl groups is 1. The fourth-order valence-electron chi connectivity index (χ4n) is 1.65. The maximum Gasteiger partial charge on any atom is 0.118 e. The van der Waals surface area contributed by atoms with Gasteiger partial charge >= 0.3 is 0 Å². The van der Waals surface area contributed by atoms with Crippen molar-refractivity contribution >= 4 is 23.4 Å². The molecule has 0 heterocycles. The average Bonchev–Trinajstić information content (AvgIpc) is 2.45. The van der Waals surface area contributed by atoms with E-state index in [1.165, 1.54) is 0 Å². The number of thioether (sulfide) groups is 1. The van der Waals surface area contributed by atoms with E-state index < -0.39 is 6.10 Å². The number of methoxy groups -OCH3 is 1. The lowest BCUT2D eigenvalue weighted by Crippen LogP contribution is -2.00. The largest absolute Gasteiger partial charge is 0.497 e. The molecule has 1 atom stereocenters. The molecule has 1 unspecified atom stereocenters. The Morgan fingerprint density at radius 1 is 1.21 bits per heavy atom. The lowest BCUT2D eigenvalue weighted by atomic mass is 10.1. The van der Waals surface area contributed by atoms with Crippen LogP contribution in [-0.2, 0) is 0 Å². The Morgan fingerprint density at radius 3 is 2.58 bits per heavy atom. The second-order valence-corrected chi connectivity index (χ2v) is 5.59. The fourth-order valence-corrected chi connectivity index (χ4v) is 2.84. The van der Waals surface area contributed by atoms with Gasteiger partial charge in [-0.1, -0.05) is 29.8 Å². The molecule has 1 N–H and O–H groups in total. The fraction of sp³-hybridized carbons (Fsp3) is 0.200. The molecular formula is C15H15ClO2S. The van der Waals surface area contributed by atoms with E-state index in [0.717, 1.165) is 16.2 Å². The highest BCUT2D eigenvalue weighted by molar-refractivity contribution is 7.99. The van der Waals surface area contributed by atoms with Gasteiger partial charge in [0.05, 0.1) is 13.2 Å². The van der Waals surface area contributed by atoms with E-state index in [0.29, 0.717) is 10.8 Å². The van der Waals surface area contributed by atoms with Crippen LogP contribution in [0, 0.1) is 0 Å². The predicted octanol–water partition coefficient (Wildman–Crippen LogP) is 4.17. The zero-order valence-electron chi connectivity index (χ0n) is 10.5. The van der Waals surface area contributed by atoms with Crippen molar-refractivity contribution in [2.75, 3.05) is 12.9 Å². The molecule has 0 bridgehead atoms. The van der Waals surface area contributed by atoms with Gasteiger partial charge in [0.25, 0.3) is 0 Å². The summed E-state index contributed by atoms with van der Waals surface area (Å²) in [6, 6.07) is 15.1. The third-order valence-electron chi connectivity index (χ3n) is 2.70. The van der Waals surface area contributed by atoms with Gasteiger partial charge in [-0.05, 0) is 35.9 Å². The number of rotatable bonds is 5. The molecule has 4 heteroatoms. The molecular weight excluding hydrogens is 280 g/mol. The average molecular weight is 295 g/mol. The number of hydrogen-bond acceptors (Lipinski definition) is 3. The van der Waals surface area contributed by atoms with Crippen molar-refractivity contribution in [3.05, 3.63) is 59.1 Å². The number of hydrogen-bond donors (Lipinski definition) is 1. The number of benzene rings is 2. The van der Waals surface area contributed by atoms with Crippen LogP contribution in [0.5, 0.6) is 5.75 Å². The second kappa shape index (κ2) is 6.85. The van der Waals surface area contributed by atoms with Crippen LogP contribution in [0.2, 0.25) is 5.02 Å². The van der Waals surface area contributed by atoms with E-state index in [1.807, 2.05) is 48.5 Å². The van der Waals surface area contributed by atoms with E-state index in [-0.39, 0.29) is 0 Å². The highest BCUT2D eigenvalue weighted by Gasteiger charge is 2.08. The molecule has 0 aliphatic carbocycles. The van der Waals surface area contributed by atoms with Crippen molar-refractivity contribution in [2.45, 2.75) is 11.0 Å². The Morgan fingerprint density at radius 2 is 1.95 bits per heavy atom. The Bertz CT molecular complexity index is 528. The molecule has 0 aliphatic heterocycles. The van der Waals surface area contributed by atoms with Crippen LogP contribution < -0.4 is 4.74 Å². The SMILES string of the molecule is COc1ccc(C(O)CSc2cccc(Cl)c2)cc1. The first-order chi connectivity index (χ1) is 9.19. The summed E-state index contributed by atoms with van der Waals surface area (Å²) in [6.07, 6.45) is -0.505. The van der Waals surface area contributed by atoms with Crippen LogP contribution >= 0.6 is 23.4 Å². The minimum atomic E-state index is -0.505. The summed E-state index contributed by atoms with van der Waals surface area (Å²) >= 11 is 7.50. The van der Waals surface area contributed by atoms with Crippen LogP contribution in [0.3, 0.4) is 0 Å². The molecule has 19 heavy (non-hydrogen) atoms. The van der Waals surface area contributed by atoms with Gasteiger partial charge in [-0.2, -0.15) is 0 Å². The number of aliphatic hydroxyl groups excluding tert-OH is 1. The molecule has 0 spiro atoms. The zero-order chi connectivity index (χ0) is 13.7. The maximum absolute atomic E-state index is 10.1. The van der Waals surface area contributed by atoms with Crippen LogP contribution in [0.25, 0.3) is 0 Å². The van der Waals surface area contributed by atoms with E-state index in [9.17, 15) is 5.11 Å². The molecule has 0 aromatic heterocycles. The first-order valence-electron chi connectivity index (χ1n) is 5.89. The summed E-state index contributed by atoms with van der Waals surface area (Å²) in [4.78, 5) is 1.06. The molecule has 0 fully saturated rings. The first-order valence-corrected chi connectivity index (χ1v) is 7.26. The molecule has 0 saturated heterocycles. The van der Waals surface area contributed by atoms with Gasteiger partial charge in [0.15, 0.2) is 0 Å². The Kier molecular flexibility index (Phi) is 5.14. The third-order valence-corrected chi connectivity index (χ3v) is 4.01. The smallest absolute Gasteiger partial charge is 0.118 e. The molecule has 2 aromatic carbocycles. The number of ether oxygens (including phenoxy) is 1. The molecule has 0 radical (unpaired) electrons. The predicted molar refractivity (Wildman–Crippen MR) is 80.1 cm³/mol. The van der Waals surface area contributed by atoms with Gasteiger partial charge in [-0.25, -0.2) is 0 Å². The van der Waals surface area contributed by atoms with E-state index in [2.05, 4.69) is 0 Å². The van der Waals surface area contributed by atoms with Crippen molar-refractivity contribution in [2.24, 2.45) is 0 Å². The summed E-state index contributed by atoms with van der Waals surface area (Å²) in [5.41, 5.74) is 0.885.